The van der Waals surface area contributed by atoms with E-state index in [1.165, 1.54) is 45.4 Å². The molecule has 1 atom stereocenters. The summed E-state index contributed by atoms with van der Waals surface area (Å²) < 4.78 is 5.07. The summed E-state index contributed by atoms with van der Waals surface area (Å²) in [5, 5.41) is 3.58. The smallest absolute Gasteiger partial charge is 0.0462 e. The lowest BCUT2D eigenvalue weighted by atomic mass is 10.1. The Balaban J connectivity index is 1.98. The number of ether oxygens (including phenoxy) is 1. The Morgan fingerprint density at radius 2 is 2.18 bits per heavy atom. The van der Waals surface area contributed by atoms with Crippen LogP contribution in [0.15, 0.2) is 0 Å². The van der Waals surface area contributed by atoms with Gasteiger partial charge in [0.25, 0.3) is 0 Å². The van der Waals surface area contributed by atoms with E-state index in [0.717, 1.165) is 25.0 Å². The fourth-order valence-electron chi connectivity index (χ4n) is 2.44. The quantitative estimate of drug-likeness (QED) is 0.626. The largest absolute Gasteiger partial charge is 0.385 e. The zero-order chi connectivity index (χ0) is 12.5. The predicted octanol–water partition coefficient (Wildman–Crippen LogP) is 1.98. The van der Waals surface area contributed by atoms with Crippen molar-refractivity contribution < 1.29 is 4.74 Å². The summed E-state index contributed by atoms with van der Waals surface area (Å²) in [6.45, 7) is 11.6. The van der Waals surface area contributed by atoms with Gasteiger partial charge in [0.05, 0.1) is 0 Å². The summed E-state index contributed by atoms with van der Waals surface area (Å²) in [6.07, 6.45) is 3.85. The van der Waals surface area contributed by atoms with Gasteiger partial charge < -0.3 is 15.0 Å². The normalized spacial score (nSPS) is 21.5. The fourth-order valence-corrected chi connectivity index (χ4v) is 2.44. The number of nitrogens with one attached hydrogen (secondary N) is 1. The number of methoxy groups -OCH3 is 1. The number of likely N-dealkylation sites (tertiary alicyclic amines) is 1. The summed E-state index contributed by atoms with van der Waals surface area (Å²) in [5.74, 6) is 1.64. The van der Waals surface area contributed by atoms with Crippen LogP contribution < -0.4 is 5.32 Å². The Hall–Kier alpha value is -0.120. The van der Waals surface area contributed by atoms with Gasteiger partial charge in [-0.05, 0) is 57.3 Å². The van der Waals surface area contributed by atoms with Crippen LogP contribution in [0.5, 0.6) is 0 Å². The van der Waals surface area contributed by atoms with Crippen LogP contribution >= 0.6 is 0 Å². The average molecular weight is 242 g/mol. The third-order valence-corrected chi connectivity index (χ3v) is 3.43. The van der Waals surface area contributed by atoms with Gasteiger partial charge >= 0.3 is 0 Å². The molecule has 0 aromatic heterocycles. The van der Waals surface area contributed by atoms with E-state index in [9.17, 15) is 0 Å². The molecular weight excluding hydrogens is 212 g/mol. The first-order valence-electron chi connectivity index (χ1n) is 7.14. The topological polar surface area (TPSA) is 24.5 Å². The van der Waals surface area contributed by atoms with Gasteiger partial charge in [-0.1, -0.05) is 13.8 Å². The molecular formula is C14H30N2O. The Bertz CT molecular complexity index is 185. The number of hydrogen-bond donors (Lipinski definition) is 1. The molecule has 17 heavy (non-hydrogen) atoms. The third-order valence-electron chi connectivity index (χ3n) is 3.43. The fraction of sp³-hybridized carbons (Fsp3) is 1.00. The Kier molecular flexibility index (Phi) is 7.82. The van der Waals surface area contributed by atoms with Crippen molar-refractivity contribution >= 4 is 0 Å². The average Bonchev–Trinajstić information content (AvgIpc) is 2.72. The molecule has 1 N–H and O–H groups in total. The second-order valence-corrected chi connectivity index (χ2v) is 5.71. The molecule has 0 spiro atoms. The highest BCUT2D eigenvalue weighted by Crippen LogP contribution is 2.15. The molecule has 0 bridgehead atoms. The van der Waals surface area contributed by atoms with Gasteiger partial charge in [-0.2, -0.15) is 0 Å². The zero-order valence-electron chi connectivity index (χ0n) is 11.9. The molecule has 0 aromatic carbocycles. The highest BCUT2D eigenvalue weighted by Gasteiger charge is 2.21. The first-order valence-corrected chi connectivity index (χ1v) is 7.14. The van der Waals surface area contributed by atoms with Crippen LogP contribution in [0.3, 0.4) is 0 Å². The number of unbranched alkanes of at least 4 members (excludes halogenated alkanes) is 1. The van der Waals surface area contributed by atoms with Crippen molar-refractivity contribution in [1.82, 2.24) is 10.2 Å². The van der Waals surface area contributed by atoms with Crippen LogP contribution in [0.25, 0.3) is 0 Å². The molecule has 1 heterocycles. The lowest BCUT2D eigenvalue weighted by Crippen LogP contribution is -2.29. The van der Waals surface area contributed by atoms with Crippen molar-refractivity contribution in [3.05, 3.63) is 0 Å². The molecule has 102 valence electrons. The minimum atomic E-state index is 0.765. The maximum absolute atomic E-state index is 5.07. The minimum absolute atomic E-state index is 0.765. The molecule has 1 fully saturated rings. The minimum Gasteiger partial charge on any atom is -0.385 e. The maximum Gasteiger partial charge on any atom is 0.0462 e. The molecule has 0 aromatic rings. The standard InChI is InChI=1S/C14H30N2O/c1-13(2)10-15-11-14-6-8-16(12-14)7-4-5-9-17-3/h13-15H,4-12H2,1-3H3. The van der Waals surface area contributed by atoms with Crippen molar-refractivity contribution in [2.24, 2.45) is 11.8 Å². The molecule has 1 unspecified atom stereocenters. The van der Waals surface area contributed by atoms with Crippen molar-refractivity contribution in [1.29, 1.82) is 0 Å². The van der Waals surface area contributed by atoms with E-state index < -0.39 is 0 Å². The van der Waals surface area contributed by atoms with Gasteiger partial charge in [-0.15, -0.1) is 0 Å². The molecule has 3 heteroatoms. The Morgan fingerprint density at radius 3 is 2.88 bits per heavy atom. The van der Waals surface area contributed by atoms with E-state index in [1.54, 1.807) is 7.11 Å². The maximum atomic E-state index is 5.07. The van der Waals surface area contributed by atoms with Crippen molar-refractivity contribution in [2.45, 2.75) is 33.1 Å². The lowest BCUT2D eigenvalue weighted by molar-refractivity contribution is 0.186. The summed E-state index contributed by atoms with van der Waals surface area (Å²) in [5.41, 5.74) is 0. The van der Waals surface area contributed by atoms with Crippen LogP contribution in [0.1, 0.15) is 33.1 Å². The van der Waals surface area contributed by atoms with E-state index in [0.29, 0.717) is 0 Å². The van der Waals surface area contributed by atoms with E-state index in [2.05, 4.69) is 24.1 Å². The van der Waals surface area contributed by atoms with Crippen LogP contribution in [-0.4, -0.2) is 51.3 Å². The third kappa shape index (κ3) is 7.02. The highest BCUT2D eigenvalue weighted by atomic mass is 16.5. The molecule has 3 nitrogen and oxygen atoms in total. The molecule has 1 aliphatic heterocycles. The van der Waals surface area contributed by atoms with Gasteiger partial charge in [0.2, 0.25) is 0 Å². The van der Waals surface area contributed by atoms with Gasteiger partial charge in [0, 0.05) is 20.3 Å². The van der Waals surface area contributed by atoms with Crippen molar-refractivity contribution in [2.75, 3.05) is 46.4 Å². The van der Waals surface area contributed by atoms with Gasteiger partial charge in [-0.25, -0.2) is 0 Å². The summed E-state index contributed by atoms with van der Waals surface area (Å²) in [4.78, 5) is 2.61. The van der Waals surface area contributed by atoms with Crippen LogP contribution in [-0.2, 0) is 4.74 Å². The van der Waals surface area contributed by atoms with E-state index in [-0.39, 0.29) is 0 Å². The lowest BCUT2D eigenvalue weighted by Gasteiger charge is -2.16. The van der Waals surface area contributed by atoms with Gasteiger partial charge in [0.15, 0.2) is 0 Å². The molecule has 0 radical (unpaired) electrons. The molecule has 0 aliphatic carbocycles. The predicted molar refractivity (Wildman–Crippen MR) is 73.4 cm³/mol. The van der Waals surface area contributed by atoms with Crippen molar-refractivity contribution in [3.63, 3.8) is 0 Å². The Labute approximate surface area is 107 Å². The molecule has 1 saturated heterocycles. The molecule has 0 saturated carbocycles. The van der Waals surface area contributed by atoms with E-state index in [1.807, 2.05) is 0 Å². The van der Waals surface area contributed by atoms with Crippen LogP contribution in [0.2, 0.25) is 0 Å². The number of nitrogens with zero attached hydrogens (tertiary/aromatic N) is 1. The highest BCUT2D eigenvalue weighted by molar-refractivity contribution is 4.77. The van der Waals surface area contributed by atoms with Gasteiger partial charge in [0.1, 0.15) is 0 Å². The zero-order valence-corrected chi connectivity index (χ0v) is 11.9. The summed E-state index contributed by atoms with van der Waals surface area (Å²) in [6, 6.07) is 0. The number of rotatable bonds is 9. The summed E-state index contributed by atoms with van der Waals surface area (Å²) >= 11 is 0. The van der Waals surface area contributed by atoms with E-state index in [4.69, 9.17) is 4.74 Å². The number of hydrogen-bond acceptors (Lipinski definition) is 3. The van der Waals surface area contributed by atoms with Gasteiger partial charge in [-0.3, -0.25) is 0 Å². The van der Waals surface area contributed by atoms with Crippen molar-refractivity contribution in [3.8, 4) is 0 Å². The molecule has 1 aliphatic rings. The molecule has 0 amide bonds. The monoisotopic (exact) mass is 242 g/mol. The Morgan fingerprint density at radius 1 is 1.35 bits per heavy atom. The second kappa shape index (κ2) is 8.90. The molecule has 1 rings (SSSR count). The second-order valence-electron chi connectivity index (χ2n) is 5.71. The van der Waals surface area contributed by atoms with E-state index >= 15 is 0 Å². The SMILES string of the molecule is COCCCCN1CCC(CNCC(C)C)C1. The first kappa shape index (κ1) is 14.9. The first-order chi connectivity index (χ1) is 8.22. The van der Waals surface area contributed by atoms with Crippen LogP contribution in [0.4, 0.5) is 0 Å². The van der Waals surface area contributed by atoms with Crippen LogP contribution in [0, 0.1) is 11.8 Å². The summed E-state index contributed by atoms with van der Waals surface area (Å²) in [7, 11) is 1.78.